The highest BCUT2D eigenvalue weighted by Crippen LogP contribution is 2.32. The molecule has 2 heterocycles. The maximum Gasteiger partial charge on any atom is 0.427 e. The average molecular weight is 279 g/mol. The van der Waals surface area contributed by atoms with Gasteiger partial charge in [-0.2, -0.15) is 0 Å². The Balaban J connectivity index is 1.77. The fourth-order valence-electron chi connectivity index (χ4n) is 2.27. The molecular formula is C13H13NO6. The van der Waals surface area contributed by atoms with Gasteiger partial charge in [-0.25, -0.2) is 0 Å². The lowest BCUT2D eigenvalue weighted by Gasteiger charge is -2.39. The van der Waals surface area contributed by atoms with Gasteiger partial charge in [0, 0.05) is 5.56 Å². The Morgan fingerprint density at radius 3 is 2.75 bits per heavy atom. The van der Waals surface area contributed by atoms with Gasteiger partial charge >= 0.3 is 5.88 Å². The van der Waals surface area contributed by atoms with E-state index in [4.69, 9.17) is 14.2 Å². The molecule has 0 aliphatic carbocycles. The molecule has 7 nitrogen and oxygen atoms in total. The normalized spacial score (nSPS) is 32.8. The standard InChI is InChI=1S/C13H13NO6/c15-9-6-11(14(16)17)19-10-7-18-13(20-12(9)10)8-4-2-1-3-5-8/h1-6,9-10,12-13,15H,7H2/t9-,10-,12+,13-/m1/s1. The number of rotatable bonds is 2. The highest BCUT2D eigenvalue weighted by atomic mass is 16.7. The van der Waals surface area contributed by atoms with Gasteiger partial charge in [0.2, 0.25) is 0 Å². The quantitative estimate of drug-likeness (QED) is 0.641. The Bertz CT molecular complexity index is 531. The van der Waals surface area contributed by atoms with Crippen molar-refractivity contribution in [3.8, 4) is 0 Å². The Hall–Kier alpha value is -1.96. The summed E-state index contributed by atoms with van der Waals surface area (Å²) in [5, 5.41) is 20.6. The maximum atomic E-state index is 10.7. The first-order chi connectivity index (χ1) is 9.65. The molecule has 1 aromatic carbocycles. The number of aliphatic hydroxyl groups excluding tert-OH is 1. The van der Waals surface area contributed by atoms with Crippen LogP contribution in [0.2, 0.25) is 0 Å². The number of nitro groups is 1. The molecular weight excluding hydrogens is 266 g/mol. The van der Waals surface area contributed by atoms with Gasteiger partial charge in [-0.3, -0.25) is 10.1 Å². The Morgan fingerprint density at radius 2 is 2.05 bits per heavy atom. The van der Waals surface area contributed by atoms with Crippen LogP contribution in [0.3, 0.4) is 0 Å². The van der Waals surface area contributed by atoms with Gasteiger partial charge in [-0.05, 0) is 0 Å². The van der Waals surface area contributed by atoms with E-state index >= 15 is 0 Å². The van der Waals surface area contributed by atoms with Crippen molar-refractivity contribution in [2.24, 2.45) is 0 Å². The number of aliphatic hydroxyl groups is 1. The Labute approximate surface area is 114 Å². The minimum atomic E-state index is -1.09. The lowest BCUT2D eigenvalue weighted by Crippen LogP contribution is -2.50. The Kier molecular flexibility index (Phi) is 3.39. The van der Waals surface area contributed by atoms with Gasteiger partial charge < -0.3 is 19.3 Å². The van der Waals surface area contributed by atoms with Crippen LogP contribution >= 0.6 is 0 Å². The van der Waals surface area contributed by atoms with Gasteiger partial charge in [0.1, 0.15) is 17.1 Å². The second-order valence-corrected chi connectivity index (χ2v) is 4.59. The third-order valence-electron chi connectivity index (χ3n) is 3.23. The number of hydrogen-bond acceptors (Lipinski definition) is 6. The molecule has 106 valence electrons. The predicted octanol–water partition coefficient (Wildman–Crippen LogP) is 0.978. The predicted molar refractivity (Wildman–Crippen MR) is 66.0 cm³/mol. The van der Waals surface area contributed by atoms with Gasteiger partial charge in [-0.1, -0.05) is 30.3 Å². The highest BCUT2D eigenvalue weighted by Gasteiger charge is 2.44. The van der Waals surface area contributed by atoms with Crippen LogP contribution in [0.1, 0.15) is 11.9 Å². The molecule has 1 fully saturated rings. The van der Waals surface area contributed by atoms with Crippen LogP contribution in [0.25, 0.3) is 0 Å². The van der Waals surface area contributed by atoms with Crippen molar-refractivity contribution in [1.29, 1.82) is 0 Å². The lowest BCUT2D eigenvalue weighted by molar-refractivity contribution is -0.477. The first kappa shape index (κ1) is 13.0. The number of fused-ring (bicyclic) bond motifs is 1. The summed E-state index contributed by atoms with van der Waals surface area (Å²) < 4.78 is 16.3. The second-order valence-electron chi connectivity index (χ2n) is 4.59. The topological polar surface area (TPSA) is 91.1 Å². The summed E-state index contributed by atoms with van der Waals surface area (Å²) in [6.45, 7) is 0.118. The minimum Gasteiger partial charge on any atom is -0.432 e. The molecule has 0 aromatic heterocycles. The summed E-state index contributed by atoms with van der Waals surface area (Å²) in [4.78, 5) is 10.0. The van der Waals surface area contributed by atoms with Crippen LogP contribution in [-0.2, 0) is 14.2 Å². The third-order valence-corrected chi connectivity index (χ3v) is 3.23. The summed E-state index contributed by atoms with van der Waals surface area (Å²) in [7, 11) is 0. The molecule has 4 atom stereocenters. The molecule has 1 aromatic rings. The molecule has 3 rings (SSSR count). The van der Waals surface area contributed by atoms with E-state index in [0.29, 0.717) is 0 Å². The molecule has 0 radical (unpaired) electrons. The molecule has 1 N–H and O–H groups in total. The van der Waals surface area contributed by atoms with E-state index in [1.807, 2.05) is 30.3 Å². The minimum absolute atomic E-state index is 0.118. The smallest absolute Gasteiger partial charge is 0.427 e. The fraction of sp³-hybridized carbons (Fsp3) is 0.385. The average Bonchev–Trinajstić information content (AvgIpc) is 2.47. The summed E-state index contributed by atoms with van der Waals surface area (Å²) in [5.41, 5.74) is 0.821. The number of benzene rings is 1. The van der Waals surface area contributed by atoms with Crippen molar-refractivity contribution in [1.82, 2.24) is 0 Å². The molecule has 0 spiro atoms. The largest absolute Gasteiger partial charge is 0.432 e. The molecule has 2 aliphatic heterocycles. The fourth-order valence-corrected chi connectivity index (χ4v) is 2.27. The van der Waals surface area contributed by atoms with E-state index in [1.54, 1.807) is 0 Å². The first-order valence-electron chi connectivity index (χ1n) is 6.18. The molecule has 20 heavy (non-hydrogen) atoms. The zero-order valence-corrected chi connectivity index (χ0v) is 10.4. The monoisotopic (exact) mass is 279 g/mol. The molecule has 1 saturated heterocycles. The highest BCUT2D eigenvalue weighted by molar-refractivity contribution is 5.17. The van der Waals surface area contributed by atoms with Crippen molar-refractivity contribution in [2.75, 3.05) is 6.61 Å². The van der Waals surface area contributed by atoms with Crippen LogP contribution in [0.5, 0.6) is 0 Å². The van der Waals surface area contributed by atoms with Crippen molar-refractivity contribution < 1.29 is 24.2 Å². The summed E-state index contributed by atoms with van der Waals surface area (Å²) >= 11 is 0. The van der Waals surface area contributed by atoms with Crippen LogP contribution < -0.4 is 0 Å². The Morgan fingerprint density at radius 1 is 1.30 bits per heavy atom. The van der Waals surface area contributed by atoms with Gasteiger partial charge in [0.25, 0.3) is 0 Å². The SMILES string of the molecule is O=[N+]([O-])C1=C[C@@H](O)[C@@H]2O[C@H](c3ccccc3)OC[C@H]2O1. The molecule has 0 unspecified atom stereocenters. The van der Waals surface area contributed by atoms with Crippen LogP contribution in [0.4, 0.5) is 0 Å². The van der Waals surface area contributed by atoms with Gasteiger partial charge in [-0.15, -0.1) is 0 Å². The second kappa shape index (κ2) is 5.20. The number of nitrogens with zero attached hydrogens (tertiary/aromatic N) is 1. The van der Waals surface area contributed by atoms with Crippen molar-refractivity contribution >= 4 is 0 Å². The molecule has 0 amide bonds. The summed E-state index contributed by atoms with van der Waals surface area (Å²) in [6.07, 6.45) is -2.02. The maximum absolute atomic E-state index is 10.7. The van der Waals surface area contributed by atoms with E-state index in [2.05, 4.69) is 0 Å². The third kappa shape index (κ3) is 2.38. The molecule has 0 saturated carbocycles. The van der Waals surface area contributed by atoms with Crippen molar-refractivity contribution in [3.05, 3.63) is 58.0 Å². The van der Waals surface area contributed by atoms with Crippen molar-refractivity contribution in [3.63, 3.8) is 0 Å². The summed E-state index contributed by atoms with van der Waals surface area (Å²) in [6, 6.07) is 9.28. The van der Waals surface area contributed by atoms with E-state index in [9.17, 15) is 15.2 Å². The molecule has 2 aliphatic rings. The number of ether oxygens (including phenoxy) is 3. The van der Waals surface area contributed by atoms with Gasteiger partial charge in [0.15, 0.2) is 12.4 Å². The number of hydrogen-bond donors (Lipinski definition) is 1. The van der Waals surface area contributed by atoms with Crippen LogP contribution in [0, 0.1) is 10.1 Å². The van der Waals surface area contributed by atoms with Crippen LogP contribution in [0.15, 0.2) is 42.3 Å². The van der Waals surface area contributed by atoms with Crippen LogP contribution in [-0.4, -0.2) is 34.9 Å². The van der Waals surface area contributed by atoms with Crippen molar-refractivity contribution in [2.45, 2.75) is 24.6 Å². The zero-order chi connectivity index (χ0) is 14.1. The molecule has 7 heteroatoms. The zero-order valence-electron chi connectivity index (χ0n) is 10.4. The molecule has 0 bridgehead atoms. The lowest BCUT2D eigenvalue weighted by atomic mass is 10.0. The van der Waals surface area contributed by atoms with E-state index in [-0.39, 0.29) is 6.61 Å². The van der Waals surface area contributed by atoms with E-state index in [1.165, 1.54) is 0 Å². The van der Waals surface area contributed by atoms with Gasteiger partial charge in [0.05, 0.1) is 12.7 Å². The van der Waals surface area contributed by atoms with E-state index < -0.39 is 35.4 Å². The first-order valence-corrected chi connectivity index (χ1v) is 6.18. The van der Waals surface area contributed by atoms with E-state index in [0.717, 1.165) is 11.6 Å². The summed E-state index contributed by atoms with van der Waals surface area (Å²) in [5.74, 6) is -0.468.